The van der Waals surface area contributed by atoms with E-state index in [9.17, 15) is 49.6 Å². The number of nitrogens with one attached hydrogen (secondary N) is 3. The van der Waals surface area contributed by atoms with Crippen LogP contribution in [0.1, 0.15) is 16.7 Å². The summed E-state index contributed by atoms with van der Waals surface area (Å²) in [6.45, 7) is 2.42. The van der Waals surface area contributed by atoms with E-state index in [4.69, 9.17) is 41.3 Å². The second-order valence-electron chi connectivity index (χ2n) is 12.0. The molecule has 0 unspecified atom stereocenters. The molecule has 1 saturated heterocycles. The van der Waals surface area contributed by atoms with Crippen molar-refractivity contribution in [3.8, 4) is 6.07 Å². The number of urea groups is 1. The van der Waals surface area contributed by atoms with E-state index in [1.54, 1.807) is 12.4 Å². The van der Waals surface area contributed by atoms with Crippen LogP contribution < -0.4 is 20.9 Å². The number of carboxylic acids is 3. The number of amides is 2. The number of rotatable bonds is 2. The lowest BCUT2D eigenvalue weighted by Gasteiger charge is -2.36. The van der Waals surface area contributed by atoms with Gasteiger partial charge in [0.25, 0.3) is 0 Å². The molecule has 0 saturated carbocycles. The average Bonchev–Trinajstić information content (AvgIpc) is 3.19. The number of aliphatic carboxylic acids is 3. The van der Waals surface area contributed by atoms with Crippen molar-refractivity contribution in [1.29, 1.82) is 5.26 Å². The first kappa shape index (κ1) is 48.3. The van der Waals surface area contributed by atoms with Crippen LogP contribution in [0.4, 0.5) is 78.8 Å². The van der Waals surface area contributed by atoms with E-state index < -0.39 is 36.4 Å². The molecule has 1 fully saturated rings. The van der Waals surface area contributed by atoms with Crippen LogP contribution in [0.5, 0.6) is 0 Å². The summed E-state index contributed by atoms with van der Waals surface area (Å²) in [5, 5.41) is 40.8. The number of alkyl halides is 9. The monoisotopic (exact) mass is 893 g/mol. The molecule has 0 aliphatic carbocycles. The fourth-order valence-corrected chi connectivity index (χ4v) is 5.08. The normalized spacial score (nSPS) is 13.3. The SMILES string of the molecule is N#Cc1ccccc1N1CCN(C(=O)Nc2ccc3cc2CCc2cncc(c2)Nc2ncc(Cl)c(n2)N3)CC1.O=C(O)C(F)(F)F.O=C(O)C(F)(F)F.O=C(O)C(F)(F)F. The van der Waals surface area contributed by atoms with Crippen LogP contribution >= 0.6 is 11.6 Å². The lowest BCUT2D eigenvalue weighted by Crippen LogP contribution is -2.50. The number of hydrogen-bond acceptors (Lipinski definition) is 11. The fraction of sp³-hybridized carbons (Fsp3) is 0.257. The van der Waals surface area contributed by atoms with Crippen molar-refractivity contribution < 1.29 is 74.0 Å². The molecular formula is C35H29ClF9N9O7. The topological polar surface area (TPSA) is 234 Å². The van der Waals surface area contributed by atoms with Gasteiger partial charge in [-0.3, -0.25) is 4.98 Å². The summed E-state index contributed by atoms with van der Waals surface area (Å²) in [5.74, 6) is -7.39. The number of hydrogen-bond donors (Lipinski definition) is 6. The fourth-order valence-electron chi connectivity index (χ4n) is 4.94. The van der Waals surface area contributed by atoms with Crippen LogP contribution in [0, 0.1) is 11.3 Å². The van der Waals surface area contributed by atoms with E-state index in [0.29, 0.717) is 55.0 Å². The molecule has 2 aromatic carbocycles. The van der Waals surface area contributed by atoms with Gasteiger partial charge in [0.2, 0.25) is 5.95 Å². The summed E-state index contributed by atoms with van der Waals surface area (Å²) in [5.41, 5.74) is 5.90. The third kappa shape index (κ3) is 15.2. The number of halogens is 10. The highest BCUT2D eigenvalue weighted by Gasteiger charge is 2.39. The Bertz CT molecular complexity index is 2190. The van der Waals surface area contributed by atoms with Crippen molar-refractivity contribution >= 4 is 70.1 Å². The molecule has 0 radical (unpaired) electrons. The molecule has 4 aromatic rings. The average molecular weight is 894 g/mol. The van der Waals surface area contributed by atoms with Crippen molar-refractivity contribution in [1.82, 2.24) is 19.9 Å². The Kier molecular flexibility index (Phi) is 16.4. The van der Waals surface area contributed by atoms with Crippen LogP contribution in [0.3, 0.4) is 0 Å². The lowest BCUT2D eigenvalue weighted by molar-refractivity contribution is -0.193. The molecule has 6 bridgehead atoms. The van der Waals surface area contributed by atoms with Gasteiger partial charge < -0.3 is 41.1 Å². The Morgan fingerprint density at radius 1 is 0.754 bits per heavy atom. The second-order valence-corrected chi connectivity index (χ2v) is 12.4. The highest BCUT2D eigenvalue weighted by Crippen LogP contribution is 2.30. The molecule has 26 heteroatoms. The number of fused-ring (bicyclic) bond motifs is 6. The molecule has 2 aromatic heterocycles. The van der Waals surface area contributed by atoms with E-state index in [1.807, 2.05) is 59.6 Å². The van der Waals surface area contributed by atoms with Crippen molar-refractivity contribution in [2.45, 2.75) is 31.4 Å². The second kappa shape index (κ2) is 20.7. The minimum Gasteiger partial charge on any atom is -0.475 e. The molecule has 0 spiro atoms. The quantitative estimate of drug-likeness (QED) is 0.109. The molecule has 6 rings (SSSR count). The minimum atomic E-state index is -5.08. The third-order valence-corrected chi connectivity index (χ3v) is 8.02. The first-order valence-corrected chi connectivity index (χ1v) is 17.1. The molecule has 61 heavy (non-hydrogen) atoms. The van der Waals surface area contributed by atoms with Crippen LogP contribution in [0.15, 0.2) is 67.1 Å². The smallest absolute Gasteiger partial charge is 0.475 e. The Balaban J connectivity index is 0.000000390. The summed E-state index contributed by atoms with van der Waals surface area (Å²) in [7, 11) is 0. The van der Waals surface area contributed by atoms with E-state index in [1.165, 1.54) is 0 Å². The van der Waals surface area contributed by atoms with Crippen molar-refractivity contribution in [3.63, 3.8) is 0 Å². The van der Waals surface area contributed by atoms with Gasteiger partial charge in [0.05, 0.1) is 29.3 Å². The number of carbonyl (C=O) groups excluding carboxylic acids is 1. The number of carboxylic acid groups (broad SMARTS) is 3. The summed E-state index contributed by atoms with van der Waals surface area (Å²) in [4.78, 5) is 57.1. The predicted octanol–water partition coefficient (Wildman–Crippen LogP) is 7.24. The first-order valence-electron chi connectivity index (χ1n) is 16.7. The van der Waals surface area contributed by atoms with Gasteiger partial charge in [-0.1, -0.05) is 23.7 Å². The summed E-state index contributed by atoms with van der Waals surface area (Å²) < 4.78 is 95.2. The van der Waals surface area contributed by atoms with Crippen LogP contribution in [0.2, 0.25) is 5.02 Å². The van der Waals surface area contributed by atoms with Crippen molar-refractivity contribution in [2.24, 2.45) is 0 Å². The Hall–Kier alpha value is -7.10. The minimum absolute atomic E-state index is 0.149. The first-order chi connectivity index (χ1) is 28.4. The van der Waals surface area contributed by atoms with E-state index >= 15 is 0 Å². The lowest BCUT2D eigenvalue weighted by atomic mass is 10.0. The highest BCUT2D eigenvalue weighted by molar-refractivity contribution is 6.32. The number of benzene rings is 2. The number of piperazine rings is 1. The summed E-state index contributed by atoms with van der Waals surface area (Å²) in [6, 6.07) is 17.5. The molecular weight excluding hydrogens is 865 g/mol. The molecule has 4 heterocycles. The highest BCUT2D eigenvalue weighted by atomic mass is 35.5. The van der Waals surface area contributed by atoms with Crippen LogP contribution in [-0.2, 0) is 27.2 Å². The van der Waals surface area contributed by atoms with Gasteiger partial charge >= 0.3 is 42.5 Å². The zero-order valence-corrected chi connectivity index (χ0v) is 31.3. The van der Waals surface area contributed by atoms with Gasteiger partial charge in [-0.05, 0) is 60.4 Å². The molecule has 326 valence electrons. The number of aryl methyl sites for hydroxylation is 2. The van der Waals surface area contributed by atoms with Gasteiger partial charge in [-0.15, -0.1) is 0 Å². The molecule has 2 amide bonds. The van der Waals surface area contributed by atoms with E-state index in [2.05, 4.69) is 41.9 Å². The Morgan fingerprint density at radius 2 is 1.33 bits per heavy atom. The van der Waals surface area contributed by atoms with Crippen LogP contribution in [0.25, 0.3) is 0 Å². The molecule has 6 N–H and O–H groups in total. The van der Waals surface area contributed by atoms with E-state index in [0.717, 1.165) is 40.3 Å². The van der Waals surface area contributed by atoms with Gasteiger partial charge in [0.1, 0.15) is 11.1 Å². The number of aromatic nitrogens is 3. The third-order valence-electron chi connectivity index (χ3n) is 7.75. The zero-order valence-electron chi connectivity index (χ0n) is 30.5. The maximum absolute atomic E-state index is 13.3. The number of para-hydroxylation sites is 1. The largest absolute Gasteiger partial charge is 0.490 e. The number of nitriles is 1. The Morgan fingerprint density at radius 3 is 1.89 bits per heavy atom. The molecule has 0 atom stereocenters. The maximum atomic E-state index is 13.3. The maximum Gasteiger partial charge on any atom is 0.490 e. The van der Waals surface area contributed by atoms with Crippen molar-refractivity contribution in [3.05, 3.63) is 88.8 Å². The number of carbonyl (C=O) groups is 4. The zero-order chi connectivity index (χ0) is 45.7. The molecule has 16 nitrogen and oxygen atoms in total. The number of anilines is 6. The van der Waals surface area contributed by atoms with Gasteiger partial charge in [0.15, 0.2) is 5.82 Å². The molecule has 2 aliphatic rings. The van der Waals surface area contributed by atoms with Crippen molar-refractivity contribution in [2.75, 3.05) is 47.0 Å². The van der Waals surface area contributed by atoms with Crippen LogP contribution in [-0.4, -0.2) is 104 Å². The van der Waals surface area contributed by atoms with Gasteiger partial charge in [0, 0.05) is 43.8 Å². The number of pyridine rings is 1. The number of nitrogens with zero attached hydrogens (tertiary/aromatic N) is 6. The standard InChI is InChI=1S/C29H26ClN9O.3C2HF3O2/c30-24-18-33-28-35-23-13-19(16-32-17-23)5-6-20-14-22(34-27(24)37-28)7-8-25(20)36-29(40)39-11-9-38(10-12-39)26-4-2-1-3-21(26)15-31;3*3-2(4,5)1(6)7/h1-4,7-8,13-14,16-18H,5-6,9-12H2,(H,36,40)(H2,33,34,35,37);3*(H,6,7). The molecule has 2 aliphatic heterocycles. The van der Waals surface area contributed by atoms with E-state index in [-0.39, 0.29) is 6.03 Å². The van der Waals surface area contributed by atoms with Gasteiger partial charge in [-0.2, -0.15) is 49.8 Å². The predicted molar refractivity (Wildman–Crippen MR) is 197 cm³/mol. The summed E-state index contributed by atoms with van der Waals surface area (Å²) in [6.07, 6.45) is -8.73. The van der Waals surface area contributed by atoms with Gasteiger partial charge in [-0.25, -0.2) is 24.2 Å². The summed E-state index contributed by atoms with van der Waals surface area (Å²) >= 11 is 6.38. The Labute approximate surface area is 342 Å².